The van der Waals surface area contributed by atoms with Crippen LogP contribution in [0.3, 0.4) is 0 Å². The zero-order valence-corrected chi connectivity index (χ0v) is 18.6. The second-order valence-electron chi connectivity index (χ2n) is 7.08. The van der Waals surface area contributed by atoms with E-state index >= 15 is 0 Å². The molecule has 2 aromatic heterocycles. The molecule has 0 saturated carbocycles. The Kier molecular flexibility index (Phi) is 6.69. The predicted molar refractivity (Wildman–Crippen MR) is 126 cm³/mol. The molecule has 0 aliphatic carbocycles. The van der Waals surface area contributed by atoms with E-state index < -0.39 is 0 Å². The molecule has 0 aliphatic heterocycles. The van der Waals surface area contributed by atoms with Crippen molar-refractivity contribution in [1.82, 2.24) is 15.5 Å². The number of carbonyl (C=O) groups is 1. The quantitative estimate of drug-likeness (QED) is 0.251. The molecular formula is C23H20ClN5O2S. The number of thioether (sulfide) groups is 1. The van der Waals surface area contributed by atoms with Gasteiger partial charge in [-0.25, -0.2) is 0 Å². The van der Waals surface area contributed by atoms with Gasteiger partial charge in [-0.05, 0) is 43.2 Å². The van der Waals surface area contributed by atoms with Crippen molar-refractivity contribution in [3.05, 3.63) is 76.1 Å². The number of H-pyrrole nitrogens is 1. The van der Waals surface area contributed by atoms with Crippen LogP contribution in [0.25, 0.3) is 11.0 Å². The molecule has 2 aromatic carbocycles. The van der Waals surface area contributed by atoms with Gasteiger partial charge in [0.05, 0.1) is 5.69 Å². The molecule has 0 bridgehead atoms. The number of nitrogens with two attached hydrogens (primary N) is 1. The lowest BCUT2D eigenvalue weighted by Crippen LogP contribution is -2.25. The maximum absolute atomic E-state index is 12.9. The first-order chi connectivity index (χ1) is 15.6. The Morgan fingerprint density at radius 2 is 2.03 bits per heavy atom. The van der Waals surface area contributed by atoms with Gasteiger partial charge in [0, 0.05) is 33.2 Å². The molecule has 0 unspecified atom stereocenters. The lowest BCUT2D eigenvalue weighted by Gasteiger charge is -2.06. The molecule has 4 rings (SSSR count). The molecule has 32 heavy (non-hydrogen) atoms. The minimum Gasteiger partial charge on any atom is -0.451 e. The molecule has 7 nitrogen and oxygen atoms in total. The number of anilines is 1. The normalized spacial score (nSPS) is 10.9. The van der Waals surface area contributed by atoms with Gasteiger partial charge in [0.15, 0.2) is 11.6 Å². The number of hydrogen-bond donors (Lipinski definition) is 3. The van der Waals surface area contributed by atoms with Gasteiger partial charge in [0.2, 0.25) is 0 Å². The molecule has 9 heteroatoms. The predicted octanol–water partition coefficient (Wildman–Crippen LogP) is 4.92. The van der Waals surface area contributed by atoms with E-state index in [9.17, 15) is 4.79 Å². The van der Waals surface area contributed by atoms with Crippen molar-refractivity contribution in [3.63, 3.8) is 0 Å². The van der Waals surface area contributed by atoms with E-state index in [1.165, 1.54) is 0 Å². The van der Waals surface area contributed by atoms with Crippen molar-refractivity contribution in [2.75, 3.05) is 12.3 Å². The summed E-state index contributed by atoms with van der Waals surface area (Å²) in [4.78, 5) is 14.0. The van der Waals surface area contributed by atoms with Crippen LogP contribution in [0.1, 0.15) is 33.8 Å². The highest BCUT2D eigenvalue weighted by molar-refractivity contribution is 7.98. The Hall–Kier alpha value is -3.41. The molecule has 162 valence electrons. The lowest BCUT2D eigenvalue weighted by atomic mass is 10.1. The number of hydrogen-bond acceptors (Lipinski definition) is 6. The maximum atomic E-state index is 12.9. The zero-order chi connectivity index (χ0) is 22.5. The number of nitrogens with zero attached hydrogens (tertiary/aromatic N) is 2. The summed E-state index contributed by atoms with van der Waals surface area (Å²) in [5.74, 6) is 0.825. The van der Waals surface area contributed by atoms with E-state index in [1.807, 2.05) is 54.6 Å². The van der Waals surface area contributed by atoms with Crippen LogP contribution in [-0.4, -0.2) is 22.6 Å². The molecule has 1 amide bonds. The molecule has 0 spiro atoms. The van der Waals surface area contributed by atoms with Crippen LogP contribution in [0.4, 0.5) is 5.82 Å². The van der Waals surface area contributed by atoms with Crippen LogP contribution < -0.4 is 11.1 Å². The highest BCUT2D eigenvalue weighted by Crippen LogP contribution is 2.32. The number of rotatable bonds is 8. The third-order valence-electron chi connectivity index (χ3n) is 4.97. The average Bonchev–Trinajstić information content (AvgIpc) is 3.36. The van der Waals surface area contributed by atoms with Crippen molar-refractivity contribution in [2.24, 2.45) is 0 Å². The maximum Gasteiger partial charge on any atom is 0.287 e. The van der Waals surface area contributed by atoms with E-state index in [0.29, 0.717) is 52.8 Å². The molecule has 0 radical (unpaired) electrons. The SMILES string of the molecule is N#Cc1c(N)n[nH]c1CCCNC(=O)c1oc2ccccc2c1CSc1ccc(Cl)cc1. The van der Waals surface area contributed by atoms with Crippen LogP contribution >= 0.6 is 23.4 Å². The smallest absolute Gasteiger partial charge is 0.287 e. The number of aryl methyl sites for hydroxylation is 1. The van der Waals surface area contributed by atoms with Crippen molar-refractivity contribution in [2.45, 2.75) is 23.5 Å². The number of para-hydroxylation sites is 1. The highest BCUT2D eigenvalue weighted by Gasteiger charge is 2.20. The summed E-state index contributed by atoms with van der Waals surface area (Å²) in [6.07, 6.45) is 1.17. The zero-order valence-electron chi connectivity index (χ0n) is 17.0. The van der Waals surface area contributed by atoms with Gasteiger partial charge in [-0.15, -0.1) is 11.8 Å². The lowest BCUT2D eigenvalue weighted by molar-refractivity contribution is 0.0926. The number of nitrogen functional groups attached to an aromatic ring is 1. The number of aromatic amines is 1. The Morgan fingerprint density at radius 1 is 1.25 bits per heavy atom. The van der Waals surface area contributed by atoms with Crippen LogP contribution in [0.15, 0.2) is 57.8 Å². The Balaban J connectivity index is 1.44. The van der Waals surface area contributed by atoms with E-state index in [1.54, 1.807) is 11.8 Å². The number of benzene rings is 2. The number of nitriles is 1. The number of halogens is 1. The molecular weight excluding hydrogens is 446 g/mol. The third kappa shape index (κ3) is 4.74. The summed E-state index contributed by atoms with van der Waals surface area (Å²) < 4.78 is 5.90. The molecule has 2 heterocycles. The summed E-state index contributed by atoms with van der Waals surface area (Å²) in [5.41, 5.74) is 8.21. The van der Waals surface area contributed by atoms with Crippen molar-refractivity contribution in [1.29, 1.82) is 5.26 Å². The van der Waals surface area contributed by atoms with Crippen LogP contribution in [0, 0.1) is 11.3 Å². The van der Waals surface area contributed by atoms with Crippen molar-refractivity contribution in [3.8, 4) is 6.07 Å². The molecule has 0 aliphatic rings. The second kappa shape index (κ2) is 9.81. The van der Waals surface area contributed by atoms with Crippen molar-refractivity contribution < 1.29 is 9.21 Å². The summed E-state index contributed by atoms with van der Waals surface area (Å²) in [7, 11) is 0. The number of nitrogens with one attached hydrogen (secondary N) is 2. The Morgan fingerprint density at radius 3 is 2.81 bits per heavy atom. The van der Waals surface area contributed by atoms with Gasteiger partial charge >= 0.3 is 0 Å². The first kappa shape index (κ1) is 21.8. The Bertz CT molecular complexity index is 1290. The third-order valence-corrected chi connectivity index (χ3v) is 6.26. The number of carbonyl (C=O) groups excluding carboxylic acids is 1. The highest BCUT2D eigenvalue weighted by atomic mass is 35.5. The largest absolute Gasteiger partial charge is 0.451 e. The van der Waals surface area contributed by atoms with Gasteiger partial charge in [-0.2, -0.15) is 10.4 Å². The van der Waals surface area contributed by atoms with Gasteiger partial charge in [0.25, 0.3) is 5.91 Å². The number of aromatic nitrogens is 2. The van der Waals surface area contributed by atoms with Gasteiger partial charge in [-0.3, -0.25) is 9.89 Å². The molecule has 0 atom stereocenters. The molecule has 4 N–H and O–H groups in total. The summed E-state index contributed by atoms with van der Waals surface area (Å²) in [6, 6.07) is 17.3. The van der Waals surface area contributed by atoms with Crippen molar-refractivity contribution >= 4 is 46.1 Å². The fourth-order valence-corrected chi connectivity index (χ4v) is 4.41. The Labute approximate surface area is 193 Å². The summed E-state index contributed by atoms with van der Waals surface area (Å²) in [6.45, 7) is 0.420. The van der Waals surface area contributed by atoms with E-state index in [4.69, 9.17) is 27.0 Å². The number of amides is 1. The first-order valence-corrected chi connectivity index (χ1v) is 11.3. The summed E-state index contributed by atoms with van der Waals surface area (Å²) in [5, 5.41) is 20.3. The standard InChI is InChI=1S/C23H20ClN5O2S/c24-14-7-9-15(10-8-14)32-13-18-16-4-1-2-6-20(16)31-21(18)23(30)27-11-3-5-19-17(12-25)22(26)29-28-19/h1-2,4,6-10H,3,5,11,13H2,(H,27,30)(H3,26,28,29). The van der Waals surface area contributed by atoms with Crippen LogP contribution in [-0.2, 0) is 12.2 Å². The average molecular weight is 466 g/mol. The van der Waals surface area contributed by atoms with Crippen LogP contribution in [0.5, 0.6) is 0 Å². The van der Waals surface area contributed by atoms with Gasteiger partial charge in [0.1, 0.15) is 17.2 Å². The fourth-order valence-electron chi connectivity index (χ4n) is 3.36. The number of fused-ring (bicyclic) bond motifs is 1. The van der Waals surface area contributed by atoms with E-state index in [-0.39, 0.29) is 11.7 Å². The topological polar surface area (TPSA) is 121 Å². The monoisotopic (exact) mass is 465 g/mol. The molecule has 0 fully saturated rings. The first-order valence-electron chi connectivity index (χ1n) is 9.96. The minimum atomic E-state index is -0.266. The second-order valence-corrected chi connectivity index (χ2v) is 8.57. The fraction of sp³-hybridized carbons (Fsp3) is 0.174. The molecule has 0 saturated heterocycles. The summed E-state index contributed by atoms with van der Waals surface area (Å²) >= 11 is 7.58. The minimum absolute atomic E-state index is 0.191. The van der Waals surface area contributed by atoms with Crippen LogP contribution in [0.2, 0.25) is 5.02 Å². The van der Waals surface area contributed by atoms with Gasteiger partial charge < -0.3 is 15.5 Å². The molecule has 4 aromatic rings. The van der Waals surface area contributed by atoms with E-state index in [2.05, 4.69) is 15.5 Å². The van der Waals surface area contributed by atoms with Gasteiger partial charge in [-0.1, -0.05) is 29.8 Å². The van der Waals surface area contributed by atoms with E-state index in [0.717, 1.165) is 15.8 Å². The number of furan rings is 1.